The van der Waals surface area contributed by atoms with Crippen molar-refractivity contribution in [3.05, 3.63) is 58.6 Å². The molecule has 46 heavy (non-hydrogen) atoms. The van der Waals surface area contributed by atoms with Crippen molar-refractivity contribution < 1.29 is 0 Å². The maximum atomic E-state index is 8.77. The van der Waals surface area contributed by atoms with Gasteiger partial charge in [-0.05, 0) is 111 Å². The van der Waals surface area contributed by atoms with Crippen molar-refractivity contribution in [1.82, 2.24) is 34.3 Å². The van der Waals surface area contributed by atoms with Crippen molar-refractivity contribution in [2.45, 2.75) is 40.5 Å². The minimum atomic E-state index is 0.159. The molecule has 0 aliphatic carbocycles. The summed E-state index contributed by atoms with van der Waals surface area (Å²) in [6.45, 7) is 11.6. The molecule has 0 unspecified atom stereocenters. The van der Waals surface area contributed by atoms with Gasteiger partial charge in [0.2, 0.25) is 0 Å². The van der Waals surface area contributed by atoms with Crippen LogP contribution in [-0.2, 0) is 0 Å². The molecule has 0 spiro atoms. The van der Waals surface area contributed by atoms with Crippen LogP contribution in [0, 0.1) is 33.1 Å². The number of fused-ring (bicyclic) bond motifs is 2. The van der Waals surface area contributed by atoms with Gasteiger partial charge in [0.25, 0.3) is 0 Å². The third-order valence-electron chi connectivity index (χ3n) is 8.21. The first kappa shape index (κ1) is 32.6. The number of anilines is 2. The van der Waals surface area contributed by atoms with Crippen molar-refractivity contribution in [2.75, 3.05) is 65.0 Å². The Bertz CT molecular complexity index is 1850. The highest BCUT2D eigenvalue weighted by molar-refractivity contribution is 6.50. The summed E-state index contributed by atoms with van der Waals surface area (Å²) in [5, 5.41) is 28.8. The van der Waals surface area contributed by atoms with Gasteiger partial charge in [-0.1, -0.05) is 12.1 Å². The maximum absolute atomic E-state index is 8.77. The van der Waals surface area contributed by atoms with Crippen LogP contribution in [0.2, 0.25) is 0 Å². The predicted octanol–water partition coefficient (Wildman–Crippen LogP) is 4.17. The van der Waals surface area contributed by atoms with Crippen molar-refractivity contribution in [3.8, 4) is 0 Å². The highest BCUT2D eigenvalue weighted by Crippen LogP contribution is 2.33. The van der Waals surface area contributed by atoms with E-state index in [1.54, 1.807) is 6.08 Å². The van der Waals surface area contributed by atoms with Crippen LogP contribution in [0.25, 0.3) is 11.0 Å². The van der Waals surface area contributed by atoms with Crippen LogP contribution in [-0.4, -0.2) is 101 Å². The number of amidine groups is 2. The highest BCUT2D eigenvalue weighted by Gasteiger charge is 2.23. The number of hydrogen-bond donors (Lipinski definition) is 5. The van der Waals surface area contributed by atoms with Gasteiger partial charge in [-0.15, -0.1) is 10.2 Å². The van der Waals surface area contributed by atoms with E-state index in [1.165, 1.54) is 0 Å². The molecular weight excluding hydrogens is 578 g/mol. The molecule has 4 aromatic rings. The molecule has 244 valence electrons. The van der Waals surface area contributed by atoms with E-state index < -0.39 is 0 Å². The van der Waals surface area contributed by atoms with Crippen LogP contribution < -0.4 is 21.7 Å². The largest absolute Gasteiger partial charge is 0.396 e. The number of aryl methyl sites for hydroxylation is 4. The Balaban J connectivity index is 1.54. The molecule has 0 amide bonds. The van der Waals surface area contributed by atoms with E-state index in [9.17, 15) is 0 Å². The molecule has 0 aromatic carbocycles. The van der Waals surface area contributed by atoms with Crippen LogP contribution in [0.4, 0.5) is 23.0 Å². The van der Waals surface area contributed by atoms with Crippen LogP contribution in [0.15, 0.2) is 46.0 Å². The van der Waals surface area contributed by atoms with Crippen molar-refractivity contribution >= 4 is 51.4 Å². The lowest BCUT2D eigenvalue weighted by molar-refractivity contribution is 0.405. The molecule has 13 nitrogen and oxygen atoms in total. The van der Waals surface area contributed by atoms with Gasteiger partial charge in [-0.2, -0.15) is 0 Å². The molecule has 5 heterocycles. The summed E-state index contributed by atoms with van der Waals surface area (Å²) in [5.41, 5.74) is 14.3. The molecular formula is C33H47N13. The summed E-state index contributed by atoms with van der Waals surface area (Å²) >= 11 is 0. The molecule has 0 saturated heterocycles. The summed E-state index contributed by atoms with van der Waals surface area (Å²) < 4.78 is 3.83. The lowest BCUT2D eigenvalue weighted by atomic mass is 10.1. The molecule has 0 saturated carbocycles. The van der Waals surface area contributed by atoms with Crippen LogP contribution in [0.5, 0.6) is 0 Å². The Morgan fingerprint density at radius 2 is 1.22 bits per heavy atom. The third-order valence-corrected chi connectivity index (χ3v) is 8.21. The zero-order chi connectivity index (χ0) is 33.1. The summed E-state index contributed by atoms with van der Waals surface area (Å²) in [6, 6.07) is 8.18. The first-order valence-electron chi connectivity index (χ1n) is 15.7. The Hall–Kier alpha value is -4.75. The van der Waals surface area contributed by atoms with Crippen molar-refractivity contribution in [3.63, 3.8) is 0 Å². The Labute approximate surface area is 270 Å². The van der Waals surface area contributed by atoms with Gasteiger partial charge in [0, 0.05) is 24.5 Å². The van der Waals surface area contributed by atoms with E-state index in [1.807, 2.05) is 35.0 Å². The molecule has 0 radical (unpaired) electrons. The summed E-state index contributed by atoms with van der Waals surface area (Å²) in [4.78, 5) is 14.3. The second-order valence-corrected chi connectivity index (χ2v) is 12.4. The molecule has 1 aliphatic rings. The minimum Gasteiger partial charge on any atom is -0.396 e. The second-order valence-electron chi connectivity index (χ2n) is 12.4. The number of rotatable bonds is 12. The van der Waals surface area contributed by atoms with E-state index in [2.05, 4.69) is 79.9 Å². The van der Waals surface area contributed by atoms with Gasteiger partial charge in [-0.25, -0.2) is 19.0 Å². The van der Waals surface area contributed by atoms with Gasteiger partial charge in [0.15, 0.2) is 23.3 Å². The smallest absolute Gasteiger partial charge is 0.175 e. The van der Waals surface area contributed by atoms with Gasteiger partial charge in [0.1, 0.15) is 11.4 Å². The monoisotopic (exact) mass is 625 g/mol. The fourth-order valence-electron chi connectivity index (χ4n) is 5.25. The SMILES string of the molecule is Cc1ccc2c(N=C3NC(=Nc4c(NCCCN(C)C)nn5c(C)c(C)ccc45)C(N)=CC3=N)c(NCCCN(C)C)nn2c1C. The number of nitrogens with two attached hydrogens (primary N) is 1. The Morgan fingerprint density at radius 1 is 0.761 bits per heavy atom. The Morgan fingerprint density at radius 3 is 1.67 bits per heavy atom. The number of hydrogen-bond acceptors (Lipinski definition) is 10. The van der Waals surface area contributed by atoms with E-state index in [0.29, 0.717) is 40.4 Å². The standard InChI is InChI=1S/C33H47N13/c1-20-11-13-26-28(32(41-45(26)22(20)3)36-15-9-17-43(5)6)38-30-24(34)19-25(35)31(40-30)39-29-27-14-12-21(2)23(4)46(27)42-33(29)37-16-10-18-44(7)8/h11-14,19,34H,9-10,15-18,35H2,1-8H3,(H,36,41)(H,37,42)(H,38,39,40). The topological polar surface area (TPSA) is 152 Å². The van der Waals surface area contributed by atoms with Crippen molar-refractivity contribution in [1.29, 1.82) is 5.41 Å². The fourth-order valence-corrected chi connectivity index (χ4v) is 5.25. The molecule has 1 aliphatic heterocycles. The first-order valence-corrected chi connectivity index (χ1v) is 15.7. The molecule has 0 bridgehead atoms. The van der Waals surface area contributed by atoms with E-state index in [0.717, 1.165) is 72.6 Å². The van der Waals surface area contributed by atoms with Gasteiger partial charge < -0.3 is 31.5 Å². The lowest BCUT2D eigenvalue weighted by Gasteiger charge is -2.18. The van der Waals surface area contributed by atoms with Crippen LogP contribution >= 0.6 is 0 Å². The number of aromatic nitrogens is 4. The summed E-state index contributed by atoms with van der Waals surface area (Å²) in [5.74, 6) is 2.07. The maximum Gasteiger partial charge on any atom is 0.175 e. The number of nitrogens with zero attached hydrogens (tertiary/aromatic N) is 8. The van der Waals surface area contributed by atoms with Gasteiger partial charge >= 0.3 is 0 Å². The zero-order valence-corrected chi connectivity index (χ0v) is 28.3. The third kappa shape index (κ3) is 6.90. The summed E-state index contributed by atoms with van der Waals surface area (Å²) in [6.07, 6.45) is 3.49. The predicted molar refractivity (Wildman–Crippen MR) is 190 cm³/mol. The number of pyridine rings is 2. The quantitative estimate of drug-likeness (QED) is 0.147. The molecule has 0 fully saturated rings. The number of aliphatic imine (C=N–C) groups is 2. The van der Waals surface area contributed by atoms with Crippen LogP contribution in [0.1, 0.15) is 35.4 Å². The summed E-state index contributed by atoms with van der Waals surface area (Å²) in [7, 11) is 8.25. The minimum absolute atomic E-state index is 0.159. The van der Waals surface area contributed by atoms with Gasteiger partial charge in [0.05, 0.1) is 22.4 Å². The Kier molecular flexibility index (Phi) is 9.73. The molecule has 6 N–H and O–H groups in total. The van der Waals surface area contributed by atoms with E-state index in [-0.39, 0.29) is 5.71 Å². The second kappa shape index (κ2) is 13.7. The lowest BCUT2D eigenvalue weighted by Crippen LogP contribution is -2.42. The van der Waals surface area contributed by atoms with E-state index >= 15 is 0 Å². The molecule has 13 heteroatoms. The van der Waals surface area contributed by atoms with Crippen LogP contribution in [0.3, 0.4) is 0 Å². The highest BCUT2D eigenvalue weighted by atomic mass is 15.3. The average molecular weight is 626 g/mol. The molecule has 0 atom stereocenters. The van der Waals surface area contributed by atoms with Crippen molar-refractivity contribution in [2.24, 2.45) is 15.7 Å². The zero-order valence-electron chi connectivity index (χ0n) is 28.3. The fraction of sp³-hybridized carbons (Fsp3) is 0.424. The molecule has 5 rings (SSSR count). The normalized spacial score (nSPS) is 15.5. The number of nitrogens with one attached hydrogen (secondary N) is 4. The average Bonchev–Trinajstić information content (AvgIpc) is 3.53. The first-order chi connectivity index (χ1) is 21.9. The van der Waals surface area contributed by atoms with E-state index in [4.69, 9.17) is 31.3 Å². The molecule has 4 aromatic heterocycles. The van der Waals surface area contributed by atoms with Gasteiger partial charge in [-0.3, -0.25) is 5.41 Å².